The third-order valence-corrected chi connectivity index (χ3v) is 3.88. The van der Waals surface area contributed by atoms with E-state index in [0.717, 1.165) is 17.8 Å². The van der Waals surface area contributed by atoms with Gasteiger partial charge in [-0.05, 0) is 55.3 Å². The maximum atomic E-state index is 3.81. The summed E-state index contributed by atoms with van der Waals surface area (Å²) in [5.74, 6) is 0. The van der Waals surface area contributed by atoms with Crippen molar-refractivity contribution in [3.8, 4) is 0 Å². The Morgan fingerprint density at radius 1 is 0.739 bits per heavy atom. The SMILES string of the molecule is C=CCc1ccc(N(c2ccccc2)c2ccc(C)cc2)cc1. The van der Waals surface area contributed by atoms with E-state index >= 15 is 0 Å². The van der Waals surface area contributed by atoms with Gasteiger partial charge in [0.2, 0.25) is 0 Å². The highest BCUT2D eigenvalue weighted by atomic mass is 15.1. The second-order valence-electron chi connectivity index (χ2n) is 5.67. The fourth-order valence-electron chi connectivity index (χ4n) is 2.67. The molecule has 3 rings (SSSR count). The van der Waals surface area contributed by atoms with Crippen LogP contribution in [-0.4, -0.2) is 0 Å². The molecule has 0 aliphatic heterocycles. The van der Waals surface area contributed by atoms with Crippen molar-refractivity contribution in [3.63, 3.8) is 0 Å². The van der Waals surface area contributed by atoms with Gasteiger partial charge in [-0.15, -0.1) is 6.58 Å². The van der Waals surface area contributed by atoms with E-state index in [9.17, 15) is 0 Å². The predicted octanol–water partition coefficient (Wildman–Crippen LogP) is 6.19. The quantitative estimate of drug-likeness (QED) is 0.507. The topological polar surface area (TPSA) is 3.24 Å². The molecule has 1 nitrogen and oxygen atoms in total. The third kappa shape index (κ3) is 3.51. The normalized spacial score (nSPS) is 10.3. The Hall–Kier alpha value is -2.80. The molecule has 0 saturated carbocycles. The van der Waals surface area contributed by atoms with Crippen molar-refractivity contribution in [2.45, 2.75) is 13.3 Å². The molecule has 0 bridgehead atoms. The van der Waals surface area contributed by atoms with Crippen LogP contribution in [0.1, 0.15) is 11.1 Å². The van der Waals surface area contributed by atoms with Gasteiger partial charge in [-0.1, -0.05) is 54.1 Å². The molecule has 0 saturated heterocycles. The van der Waals surface area contributed by atoms with E-state index in [1.807, 2.05) is 12.1 Å². The number of hydrogen-bond acceptors (Lipinski definition) is 1. The molecule has 0 radical (unpaired) electrons. The van der Waals surface area contributed by atoms with Crippen LogP contribution in [0.3, 0.4) is 0 Å². The molecule has 3 aromatic carbocycles. The zero-order valence-electron chi connectivity index (χ0n) is 13.4. The highest BCUT2D eigenvalue weighted by Gasteiger charge is 2.11. The lowest BCUT2D eigenvalue weighted by atomic mass is 10.1. The largest absolute Gasteiger partial charge is 0.311 e. The standard InChI is InChI=1S/C22H21N/c1-3-7-19-12-16-22(17-13-19)23(20-8-5-4-6-9-20)21-14-10-18(2)11-15-21/h3-6,8-17H,1,7H2,2H3. The van der Waals surface area contributed by atoms with E-state index in [0.29, 0.717) is 0 Å². The van der Waals surface area contributed by atoms with Gasteiger partial charge in [0.05, 0.1) is 0 Å². The summed E-state index contributed by atoms with van der Waals surface area (Å²) in [5.41, 5.74) is 6.03. The highest BCUT2D eigenvalue weighted by Crippen LogP contribution is 2.34. The van der Waals surface area contributed by atoms with Gasteiger partial charge in [0.1, 0.15) is 0 Å². The lowest BCUT2D eigenvalue weighted by molar-refractivity contribution is 1.24. The number of nitrogens with zero attached hydrogens (tertiary/aromatic N) is 1. The predicted molar refractivity (Wildman–Crippen MR) is 99.8 cm³/mol. The molecule has 0 heterocycles. The summed E-state index contributed by atoms with van der Waals surface area (Å²) >= 11 is 0. The summed E-state index contributed by atoms with van der Waals surface area (Å²) in [6.45, 7) is 5.92. The van der Waals surface area contributed by atoms with Crippen LogP contribution in [0.15, 0.2) is 91.5 Å². The van der Waals surface area contributed by atoms with Crippen LogP contribution in [0, 0.1) is 6.92 Å². The summed E-state index contributed by atoms with van der Waals surface area (Å²) in [5, 5.41) is 0. The van der Waals surface area contributed by atoms with Crippen LogP contribution >= 0.6 is 0 Å². The minimum Gasteiger partial charge on any atom is -0.311 e. The number of aryl methyl sites for hydroxylation is 1. The molecule has 0 aliphatic carbocycles. The first-order valence-electron chi connectivity index (χ1n) is 7.89. The van der Waals surface area contributed by atoms with E-state index in [1.165, 1.54) is 16.8 Å². The van der Waals surface area contributed by atoms with Gasteiger partial charge in [0.25, 0.3) is 0 Å². The number of benzene rings is 3. The molecule has 3 aromatic rings. The molecular weight excluding hydrogens is 278 g/mol. The number of anilines is 3. The number of rotatable bonds is 5. The van der Waals surface area contributed by atoms with Crippen LogP contribution in [0.2, 0.25) is 0 Å². The molecule has 0 amide bonds. The summed E-state index contributed by atoms with van der Waals surface area (Å²) in [6, 6.07) is 27.8. The summed E-state index contributed by atoms with van der Waals surface area (Å²) in [6.07, 6.45) is 2.83. The molecule has 0 aromatic heterocycles. The van der Waals surface area contributed by atoms with Crippen LogP contribution in [0.5, 0.6) is 0 Å². The average Bonchev–Trinajstić information content (AvgIpc) is 2.60. The minimum atomic E-state index is 0.899. The molecule has 1 heteroatoms. The Balaban J connectivity index is 2.04. The fraction of sp³-hybridized carbons (Fsp3) is 0.0909. The molecule has 0 spiro atoms. The van der Waals surface area contributed by atoms with Crippen LogP contribution in [0.25, 0.3) is 0 Å². The molecule has 0 aliphatic rings. The van der Waals surface area contributed by atoms with Gasteiger partial charge in [0, 0.05) is 17.1 Å². The Morgan fingerprint density at radius 2 is 1.26 bits per heavy atom. The van der Waals surface area contributed by atoms with Gasteiger partial charge in [-0.3, -0.25) is 0 Å². The van der Waals surface area contributed by atoms with Crippen LogP contribution in [0.4, 0.5) is 17.1 Å². The molecule has 0 N–H and O–H groups in total. The fourth-order valence-corrected chi connectivity index (χ4v) is 2.67. The van der Waals surface area contributed by atoms with Crippen molar-refractivity contribution >= 4 is 17.1 Å². The third-order valence-electron chi connectivity index (χ3n) is 3.88. The highest BCUT2D eigenvalue weighted by molar-refractivity contribution is 5.76. The van der Waals surface area contributed by atoms with Crippen molar-refractivity contribution in [3.05, 3.63) is 103 Å². The van der Waals surface area contributed by atoms with Gasteiger partial charge < -0.3 is 4.90 Å². The van der Waals surface area contributed by atoms with Gasteiger partial charge in [-0.25, -0.2) is 0 Å². The Kier molecular flexibility index (Phi) is 4.58. The van der Waals surface area contributed by atoms with Gasteiger partial charge >= 0.3 is 0 Å². The molecule has 0 fully saturated rings. The zero-order valence-corrected chi connectivity index (χ0v) is 13.4. The average molecular weight is 299 g/mol. The zero-order chi connectivity index (χ0) is 16.1. The van der Waals surface area contributed by atoms with Crippen molar-refractivity contribution in [1.82, 2.24) is 0 Å². The molecule has 0 unspecified atom stereocenters. The Labute approximate surface area is 138 Å². The summed E-state index contributed by atoms with van der Waals surface area (Å²) < 4.78 is 0. The lowest BCUT2D eigenvalue weighted by Crippen LogP contribution is -2.09. The minimum absolute atomic E-state index is 0.899. The van der Waals surface area contributed by atoms with Crippen LogP contribution in [-0.2, 0) is 6.42 Å². The second kappa shape index (κ2) is 6.97. The Bertz CT molecular complexity index is 755. The maximum Gasteiger partial charge on any atom is 0.0461 e. The van der Waals surface area contributed by atoms with E-state index in [4.69, 9.17) is 0 Å². The smallest absolute Gasteiger partial charge is 0.0461 e. The first-order valence-corrected chi connectivity index (χ1v) is 7.89. The maximum absolute atomic E-state index is 3.81. The van der Waals surface area contributed by atoms with Crippen molar-refractivity contribution in [1.29, 1.82) is 0 Å². The molecule has 114 valence electrons. The van der Waals surface area contributed by atoms with E-state index in [-0.39, 0.29) is 0 Å². The molecule has 0 atom stereocenters. The lowest BCUT2D eigenvalue weighted by Gasteiger charge is -2.25. The monoisotopic (exact) mass is 299 g/mol. The van der Waals surface area contributed by atoms with Crippen molar-refractivity contribution in [2.24, 2.45) is 0 Å². The van der Waals surface area contributed by atoms with E-state index in [1.54, 1.807) is 0 Å². The number of para-hydroxylation sites is 1. The summed E-state index contributed by atoms with van der Waals surface area (Å²) in [4.78, 5) is 2.27. The number of allylic oxidation sites excluding steroid dienone is 1. The summed E-state index contributed by atoms with van der Waals surface area (Å²) in [7, 11) is 0. The van der Waals surface area contributed by atoms with E-state index < -0.39 is 0 Å². The van der Waals surface area contributed by atoms with Crippen LogP contribution < -0.4 is 4.90 Å². The molecule has 23 heavy (non-hydrogen) atoms. The van der Waals surface area contributed by atoms with Crippen molar-refractivity contribution in [2.75, 3.05) is 4.90 Å². The Morgan fingerprint density at radius 3 is 1.83 bits per heavy atom. The van der Waals surface area contributed by atoms with Gasteiger partial charge in [-0.2, -0.15) is 0 Å². The first kappa shape index (κ1) is 15.1. The van der Waals surface area contributed by atoms with E-state index in [2.05, 4.69) is 91.2 Å². The van der Waals surface area contributed by atoms with Gasteiger partial charge in [0.15, 0.2) is 0 Å². The second-order valence-corrected chi connectivity index (χ2v) is 5.67. The number of hydrogen-bond donors (Lipinski definition) is 0. The van der Waals surface area contributed by atoms with Crippen molar-refractivity contribution < 1.29 is 0 Å². The molecular formula is C22H21N. The first-order chi connectivity index (χ1) is 11.3.